The lowest BCUT2D eigenvalue weighted by Gasteiger charge is -2.60. The van der Waals surface area contributed by atoms with E-state index in [9.17, 15) is 9.90 Å². The minimum atomic E-state index is -0.0775. The van der Waals surface area contributed by atoms with Gasteiger partial charge in [-0.25, -0.2) is 4.98 Å². The number of aryl methyl sites for hydroxylation is 1. The molecular formula is C26H37N3O2. The summed E-state index contributed by atoms with van der Waals surface area (Å²) in [4.78, 5) is 21.3. The summed E-state index contributed by atoms with van der Waals surface area (Å²) in [7, 11) is 0. The monoisotopic (exact) mass is 423 g/mol. The van der Waals surface area contributed by atoms with Gasteiger partial charge in [0.15, 0.2) is 5.78 Å². The zero-order valence-corrected chi connectivity index (χ0v) is 19.5. The molecule has 5 unspecified atom stereocenters. The van der Waals surface area contributed by atoms with Crippen LogP contribution >= 0.6 is 0 Å². The highest BCUT2D eigenvalue weighted by molar-refractivity contribution is 5.99. The fourth-order valence-corrected chi connectivity index (χ4v) is 6.94. The second-order valence-corrected chi connectivity index (χ2v) is 11.0. The number of carbonyl (C=O) groups excluding carboxylic acids is 1. The van der Waals surface area contributed by atoms with Crippen LogP contribution in [0.25, 0.3) is 0 Å². The second-order valence-electron chi connectivity index (χ2n) is 11.0. The zero-order valence-electron chi connectivity index (χ0n) is 19.5. The number of rotatable bonds is 5. The number of phenolic OH excluding ortho intramolecular Hbond substituents is 1. The number of phenols is 1. The minimum absolute atomic E-state index is 0.0379. The molecule has 31 heavy (non-hydrogen) atoms. The lowest BCUT2D eigenvalue weighted by molar-refractivity contribution is -0.0917. The molecule has 4 rings (SSSR count). The van der Waals surface area contributed by atoms with Gasteiger partial charge in [-0.05, 0) is 72.6 Å². The highest BCUT2D eigenvalue weighted by Crippen LogP contribution is 2.61. The van der Waals surface area contributed by atoms with Crippen LogP contribution < -0.4 is 5.32 Å². The number of hydrogen-bond donors (Lipinski definition) is 3. The molecule has 1 aromatic heterocycles. The van der Waals surface area contributed by atoms with Crippen LogP contribution in [0.15, 0.2) is 30.7 Å². The number of benzene rings is 1. The van der Waals surface area contributed by atoms with Crippen LogP contribution in [0.2, 0.25) is 0 Å². The van der Waals surface area contributed by atoms with Crippen molar-refractivity contribution in [2.45, 2.75) is 72.9 Å². The van der Waals surface area contributed by atoms with E-state index in [4.69, 9.17) is 0 Å². The molecule has 168 valence electrons. The first-order valence-corrected chi connectivity index (χ1v) is 11.7. The van der Waals surface area contributed by atoms with Gasteiger partial charge in [0, 0.05) is 36.0 Å². The predicted molar refractivity (Wildman–Crippen MR) is 123 cm³/mol. The summed E-state index contributed by atoms with van der Waals surface area (Å²) in [6.07, 6.45) is 8.11. The Morgan fingerprint density at radius 2 is 2.03 bits per heavy atom. The molecule has 0 spiro atoms. The largest absolute Gasteiger partial charge is 0.508 e. The summed E-state index contributed by atoms with van der Waals surface area (Å²) in [6, 6.07) is 5.55. The Bertz CT molecular complexity index is 916. The van der Waals surface area contributed by atoms with Crippen molar-refractivity contribution in [3.8, 4) is 5.75 Å². The number of Topliss-reactive ketones (excluding diaryl/α,β-unsaturated/α-hetero) is 1. The van der Waals surface area contributed by atoms with E-state index in [0.29, 0.717) is 11.5 Å². The average Bonchev–Trinajstić information content (AvgIpc) is 3.19. The first kappa shape index (κ1) is 22.1. The third kappa shape index (κ3) is 4.05. The standard InChI is InChI=1S/C26H37N3O2/c1-16-9-18(11-20(30)10-16)24(31)23-17(2)21(28-14-19-13-27-15-29-19)12-22-25(3,4)7-6-8-26(22,23)5/h9-11,13,15,17,21-23,28,30H,6-8,12,14H2,1-5H3,(H,27,29). The van der Waals surface area contributed by atoms with E-state index in [1.54, 1.807) is 18.5 Å². The number of H-pyrrole nitrogens is 1. The van der Waals surface area contributed by atoms with Crippen molar-refractivity contribution in [2.75, 3.05) is 0 Å². The van der Waals surface area contributed by atoms with Crippen molar-refractivity contribution >= 4 is 5.78 Å². The van der Waals surface area contributed by atoms with Crippen LogP contribution in [-0.4, -0.2) is 26.9 Å². The molecule has 0 bridgehead atoms. The SMILES string of the molecule is Cc1cc(O)cc(C(=O)C2C(C)C(NCc3cnc[nH]3)CC3C(C)(C)CCCC23C)c1. The van der Waals surface area contributed by atoms with Crippen molar-refractivity contribution in [3.63, 3.8) is 0 Å². The molecule has 3 N–H and O–H groups in total. The first-order valence-electron chi connectivity index (χ1n) is 11.7. The fraction of sp³-hybridized carbons (Fsp3) is 0.615. The molecule has 2 aliphatic carbocycles. The van der Waals surface area contributed by atoms with Gasteiger partial charge in [0.25, 0.3) is 0 Å². The maximum absolute atomic E-state index is 14.0. The van der Waals surface area contributed by atoms with Crippen LogP contribution in [0.5, 0.6) is 5.75 Å². The number of hydrogen-bond acceptors (Lipinski definition) is 4. The Morgan fingerprint density at radius 3 is 2.71 bits per heavy atom. The summed E-state index contributed by atoms with van der Waals surface area (Å²) in [5, 5.41) is 13.9. The zero-order chi connectivity index (χ0) is 22.4. The van der Waals surface area contributed by atoms with E-state index in [1.165, 1.54) is 12.8 Å². The van der Waals surface area contributed by atoms with Gasteiger partial charge in [-0.2, -0.15) is 0 Å². The molecule has 0 amide bonds. The van der Waals surface area contributed by atoms with Gasteiger partial charge in [-0.3, -0.25) is 4.79 Å². The summed E-state index contributed by atoms with van der Waals surface area (Å²) >= 11 is 0. The molecule has 0 saturated heterocycles. The highest BCUT2D eigenvalue weighted by atomic mass is 16.3. The maximum Gasteiger partial charge on any atom is 0.166 e. The number of nitrogens with zero attached hydrogens (tertiary/aromatic N) is 1. The minimum Gasteiger partial charge on any atom is -0.508 e. The number of fused-ring (bicyclic) bond motifs is 1. The Balaban J connectivity index is 1.70. The Labute approximate surface area is 186 Å². The summed E-state index contributed by atoms with van der Waals surface area (Å²) < 4.78 is 0. The molecule has 0 aliphatic heterocycles. The van der Waals surface area contributed by atoms with E-state index in [-0.39, 0.29) is 40.2 Å². The second kappa shape index (κ2) is 8.09. The topological polar surface area (TPSA) is 78.0 Å². The molecule has 5 nitrogen and oxygen atoms in total. The lowest BCUT2D eigenvalue weighted by atomic mass is 9.45. The summed E-state index contributed by atoms with van der Waals surface area (Å²) in [5.41, 5.74) is 2.80. The average molecular weight is 424 g/mol. The summed E-state index contributed by atoms with van der Waals surface area (Å²) in [6.45, 7) is 12.0. The van der Waals surface area contributed by atoms with Gasteiger partial charge in [-0.15, -0.1) is 0 Å². The van der Waals surface area contributed by atoms with Crippen LogP contribution in [0, 0.1) is 35.5 Å². The Morgan fingerprint density at radius 1 is 1.26 bits per heavy atom. The number of carbonyl (C=O) groups is 1. The lowest BCUT2D eigenvalue weighted by Crippen LogP contribution is -2.60. The van der Waals surface area contributed by atoms with Crippen LogP contribution in [-0.2, 0) is 6.54 Å². The third-order valence-corrected chi connectivity index (χ3v) is 8.38. The summed E-state index contributed by atoms with van der Waals surface area (Å²) in [5.74, 6) is 0.951. The quantitative estimate of drug-likeness (QED) is 0.574. The molecular weight excluding hydrogens is 386 g/mol. The number of imidazole rings is 1. The highest BCUT2D eigenvalue weighted by Gasteiger charge is 2.58. The van der Waals surface area contributed by atoms with Crippen molar-refractivity contribution < 1.29 is 9.90 Å². The maximum atomic E-state index is 14.0. The number of aromatic amines is 1. The molecule has 5 atom stereocenters. The first-order chi connectivity index (χ1) is 14.6. The van der Waals surface area contributed by atoms with E-state index in [2.05, 4.69) is 43.0 Å². The molecule has 5 heteroatoms. The normalized spacial score (nSPS) is 32.4. The van der Waals surface area contributed by atoms with E-state index in [0.717, 1.165) is 30.6 Å². The number of ketones is 1. The molecule has 0 radical (unpaired) electrons. The molecule has 2 aromatic rings. The van der Waals surface area contributed by atoms with Gasteiger partial charge in [-0.1, -0.05) is 34.1 Å². The number of aromatic hydroxyl groups is 1. The molecule has 2 fully saturated rings. The van der Waals surface area contributed by atoms with Crippen molar-refractivity contribution in [1.82, 2.24) is 15.3 Å². The van der Waals surface area contributed by atoms with Gasteiger partial charge in [0.05, 0.1) is 6.33 Å². The molecule has 1 aromatic carbocycles. The predicted octanol–water partition coefficient (Wildman–Crippen LogP) is 5.25. The fourth-order valence-electron chi connectivity index (χ4n) is 6.94. The number of nitrogens with one attached hydrogen (secondary N) is 2. The van der Waals surface area contributed by atoms with Crippen LogP contribution in [0.3, 0.4) is 0 Å². The van der Waals surface area contributed by atoms with Gasteiger partial charge in [0.1, 0.15) is 5.75 Å². The van der Waals surface area contributed by atoms with E-state index < -0.39 is 0 Å². The smallest absolute Gasteiger partial charge is 0.166 e. The van der Waals surface area contributed by atoms with Crippen molar-refractivity contribution in [3.05, 3.63) is 47.5 Å². The van der Waals surface area contributed by atoms with Gasteiger partial charge >= 0.3 is 0 Å². The van der Waals surface area contributed by atoms with Gasteiger partial charge < -0.3 is 15.4 Å². The third-order valence-electron chi connectivity index (χ3n) is 8.38. The van der Waals surface area contributed by atoms with Crippen molar-refractivity contribution in [1.29, 1.82) is 0 Å². The van der Waals surface area contributed by atoms with E-state index in [1.807, 2.05) is 19.2 Å². The number of aromatic nitrogens is 2. The Kier molecular flexibility index (Phi) is 5.76. The molecule has 2 aliphatic rings. The van der Waals surface area contributed by atoms with Crippen LogP contribution in [0.4, 0.5) is 0 Å². The molecule has 1 heterocycles. The van der Waals surface area contributed by atoms with Crippen LogP contribution in [0.1, 0.15) is 75.0 Å². The van der Waals surface area contributed by atoms with Gasteiger partial charge in [0.2, 0.25) is 0 Å². The Hall–Kier alpha value is -2.14. The van der Waals surface area contributed by atoms with Crippen molar-refractivity contribution in [2.24, 2.45) is 28.6 Å². The van der Waals surface area contributed by atoms with E-state index >= 15 is 0 Å². The molecule has 2 saturated carbocycles.